The molecule has 3 aromatic carbocycles. The number of hydrogen-bond donors (Lipinski definition) is 1. The minimum Gasteiger partial charge on any atom is -0.493 e. The average molecular weight is 425 g/mol. The average Bonchev–Trinajstić information content (AvgIpc) is 2.83. The van der Waals surface area contributed by atoms with Crippen LogP contribution in [0.2, 0.25) is 0 Å². The molecule has 32 heavy (non-hydrogen) atoms. The summed E-state index contributed by atoms with van der Waals surface area (Å²) in [5.41, 5.74) is 2.92. The predicted molar refractivity (Wildman–Crippen MR) is 123 cm³/mol. The van der Waals surface area contributed by atoms with Gasteiger partial charge in [0.2, 0.25) is 0 Å². The van der Waals surface area contributed by atoms with Crippen LogP contribution in [0.15, 0.2) is 72.9 Å². The van der Waals surface area contributed by atoms with Crippen LogP contribution in [-0.4, -0.2) is 17.0 Å². The van der Waals surface area contributed by atoms with Crippen LogP contribution in [0.25, 0.3) is 10.9 Å². The Morgan fingerprint density at radius 2 is 1.91 bits per heavy atom. The van der Waals surface area contributed by atoms with Crippen molar-refractivity contribution < 1.29 is 14.4 Å². The van der Waals surface area contributed by atoms with E-state index in [9.17, 15) is 10.1 Å². The van der Waals surface area contributed by atoms with E-state index in [-0.39, 0.29) is 5.69 Å². The van der Waals surface area contributed by atoms with Gasteiger partial charge in [0.15, 0.2) is 11.5 Å². The lowest BCUT2D eigenvalue weighted by molar-refractivity contribution is -0.384. The van der Waals surface area contributed by atoms with E-state index < -0.39 is 4.92 Å². The van der Waals surface area contributed by atoms with Gasteiger partial charge in [0.05, 0.1) is 17.5 Å². The Bertz CT molecular complexity index is 1330. The van der Waals surface area contributed by atoms with E-state index in [0.717, 1.165) is 5.56 Å². The van der Waals surface area contributed by atoms with Gasteiger partial charge in [-0.3, -0.25) is 10.1 Å². The van der Waals surface area contributed by atoms with Crippen LogP contribution in [-0.2, 0) is 6.61 Å². The molecule has 0 aliphatic rings. The number of nitro groups is 1. The van der Waals surface area contributed by atoms with Crippen molar-refractivity contribution in [2.45, 2.75) is 6.61 Å². The van der Waals surface area contributed by atoms with Gasteiger partial charge in [-0.25, -0.2) is 4.98 Å². The van der Waals surface area contributed by atoms with Gasteiger partial charge in [-0.2, -0.15) is 0 Å². The van der Waals surface area contributed by atoms with Gasteiger partial charge in [0, 0.05) is 22.7 Å². The van der Waals surface area contributed by atoms with Crippen LogP contribution in [0.1, 0.15) is 11.1 Å². The topological polar surface area (TPSA) is 86.5 Å². The van der Waals surface area contributed by atoms with Crippen LogP contribution in [0.5, 0.6) is 11.5 Å². The lowest BCUT2D eigenvalue weighted by Gasteiger charge is -2.15. The smallest absolute Gasteiger partial charge is 0.311 e. The number of fused-ring (bicyclic) bond motifs is 1. The first-order valence-electron chi connectivity index (χ1n) is 9.74. The summed E-state index contributed by atoms with van der Waals surface area (Å²) in [7, 11) is 1.53. The molecule has 0 atom stereocenters. The van der Waals surface area contributed by atoms with Gasteiger partial charge < -0.3 is 14.8 Å². The molecule has 0 fully saturated rings. The van der Waals surface area contributed by atoms with E-state index >= 15 is 0 Å². The molecular formula is C25H19N3O4. The third-order valence-electron chi connectivity index (χ3n) is 4.87. The van der Waals surface area contributed by atoms with Gasteiger partial charge in [-0.1, -0.05) is 42.3 Å². The number of pyridine rings is 1. The standard InChI is InChI=1S/C25H19N3O4/c1-3-17-10-7-11-19(12-17)27-25-20-13-24(32-16-18-8-5-4-6-9-18)23(31-2)14-21(20)26-15-22(25)28(29)30/h1,4-15H,16H2,2H3,(H,26,27). The number of ether oxygens (including phenoxy) is 2. The van der Waals surface area contributed by atoms with E-state index in [1.165, 1.54) is 13.3 Å². The highest BCUT2D eigenvalue weighted by molar-refractivity contribution is 5.99. The highest BCUT2D eigenvalue weighted by Gasteiger charge is 2.21. The molecule has 4 rings (SSSR count). The van der Waals surface area contributed by atoms with Gasteiger partial charge in [0.25, 0.3) is 0 Å². The number of benzene rings is 3. The first-order valence-corrected chi connectivity index (χ1v) is 9.74. The van der Waals surface area contributed by atoms with Crippen LogP contribution < -0.4 is 14.8 Å². The second-order valence-electron chi connectivity index (χ2n) is 6.92. The minimum atomic E-state index is -0.478. The van der Waals surface area contributed by atoms with Crippen molar-refractivity contribution in [3.8, 4) is 23.8 Å². The molecule has 1 aromatic heterocycles. The SMILES string of the molecule is C#Cc1cccc(Nc2c([N+](=O)[O-])cnc3cc(OC)c(OCc4ccccc4)cc23)c1. The maximum absolute atomic E-state index is 11.7. The Hall–Kier alpha value is -4.57. The van der Waals surface area contributed by atoms with Gasteiger partial charge >= 0.3 is 5.69 Å². The Balaban J connectivity index is 1.81. The van der Waals surface area contributed by atoms with Crippen molar-refractivity contribution in [2.75, 3.05) is 12.4 Å². The summed E-state index contributed by atoms with van der Waals surface area (Å²) < 4.78 is 11.5. The van der Waals surface area contributed by atoms with Crippen LogP contribution in [0.3, 0.4) is 0 Å². The Morgan fingerprint density at radius 3 is 2.62 bits per heavy atom. The Kier molecular flexibility index (Phi) is 5.86. The second kappa shape index (κ2) is 9.06. The molecule has 0 saturated carbocycles. The number of anilines is 2. The largest absolute Gasteiger partial charge is 0.493 e. The van der Waals surface area contributed by atoms with E-state index in [0.29, 0.717) is 45.9 Å². The molecular weight excluding hydrogens is 406 g/mol. The van der Waals surface area contributed by atoms with Crippen molar-refractivity contribution in [3.63, 3.8) is 0 Å². The number of methoxy groups -OCH3 is 1. The van der Waals surface area contributed by atoms with Crippen LogP contribution in [0, 0.1) is 22.5 Å². The third-order valence-corrected chi connectivity index (χ3v) is 4.87. The van der Waals surface area contributed by atoms with Crippen molar-refractivity contribution in [1.82, 2.24) is 4.98 Å². The van der Waals surface area contributed by atoms with Crippen molar-refractivity contribution >= 4 is 28.0 Å². The zero-order valence-corrected chi connectivity index (χ0v) is 17.2. The second-order valence-corrected chi connectivity index (χ2v) is 6.92. The fraction of sp³-hybridized carbons (Fsp3) is 0.0800. The number of nitrogens with one attached hydrogen (secondary N) is 1. The molecule has 0 radical (unpaired) electrons. The van der Waals surface area contributed by atoms with E-state index in [4.69, 9.17) is 15.9 Å². The van der Waals surface area contributed by atoms with Crippen LogP contribution >= 0.6 is 0 Å². The molecule has 1 heterocycles. The van der Waals surface area contributed by atoms with Gasteiger partial charge in [0.1, 0.15) is 18.5 Å². The van der Waals surface area contributed by atoms with E-state index in [1.807, 2.05) is 30.3 Å². The molecule has 0 spiro atoms. The number of terminal acetylenes is 1. The number of rotatable bonds is 7. The quantitative estimate of drug-likeness (QED) is 0.241. The summed E-state index contributed by atoms with van der Waals surface area (Å²) in [5.74, 6) is 3.49. The summed E-state index contributed by atoms with van der Waals surface area (Å²) in [4.78, 5) is 15.5. The van der Waals surface area contributed by atoms with E-state index in [1.54, 1.807) is 36.4 Å². The molecule has 0 amide bonds. The molecule has 1 N–H and O–H groups in total. The zero-order valence-electron chi connectivity index (χ0n) is 17.2. The Labute approximate surface area is 184 Å². The molecule has 158 valence electrons. The first-order chi connectivity index (χ1) is 15.6. The molecule has 4 aromatic rings. The third kappa shape index (κ3) is 4.30. The summed E-state index contributed by atoms with van der Waals surface area (Å²) in [6.07, 6.45) is 6.71. The summed E-state index contributed by atoms with van der Waals surface area (Å²) >= 11 is 0. The molecule has 0 aliphatic carbocycles. The maximum atomic E-state index is 11.7. The molecule has 7 nitrogen and oxygen atoms in total. The summed E-state index contributed by atoms with van der Waals surface area (Å²) in [5, 5.41) is 15.4. The Morgan fingerprint density at radius 1 is 1.09 bits per heavy atom. The zero-order chi connectivity index (χ0) is 22.5. The fourth-order valence-corrected chi connectivity index (χ4v) is 3.30. The van der Waals surface area contributed by atoms with Crippen molar-refractivity contribution in [1.29, 1.82) is 0 Å². The molecule has 0 saturated heterocycles. The van der Waals surface area contributed by atoms with Gasteiger partial charge in [-0.05, 0) is 29.8 Å². The fourth-order valence-electron chi connectivity index (χ4n) is 3.30. The van der Waals surface area contributed by atoms with Gasteiger partial charge in [-0.15, -0.1) is 6.42 Å². The summed E-state index contributed by atoms with van der Waals surface area (Å²) in [6.45, 7) is 0.317. The minimum absolute atomic E-state index is 0.164. The lowest BCUT2D eigenvalue weighted by Crippen LogP contribution is -2.02. The molecule has 7 heteroatoms. The number of nitrogens with zero attached hydrogens (tertiary/aromatic N) is 2. The lowest BCUT2D eigenvalue weighted by atomic mass is 10.1. The highest BCUT2D eigenvalue weighted by atomic mass is 16.6. The monoisotopic (exact) mass is 425 g/mol. The predicted octanol–water partition coefficient (Wildman–Crippen LogP) is 5.46. The van der Waals surface area contributed by atoms with Crippen LogP contribution in [0.4, 0.5) is 17.1 Å². The maximum Gasteiger partial charge on any atom is 0.311 e. The molecule has 0 bridgehead atoms. The molecule has 0 unspecified atom stereocenters. The van der Waals surface area contributed by atoms with Crippen molar-refractivity contribution in [3.05, 3.63) is 94.2 Å². The highest BCUT2D eigenvalue weighted by Crippen LogP contribution is 2.40. The summed E-state index contributed by atoms with van der Waals surface area (Å²) in [6, 6.07) is 20.2. The van der Waals surface area contributed by atoms with Crippen molar-refractivity contribution in [2.24, 2.45) is 0 Å². The normalized spacial score (nSPS) is 10.4. The number of hydrogen-bond acceptors (Lipinski definition) is 6. The van der Waals surface area contributed by atoms with E-state index in [2.05, 4.69) is 16.2 Å². The molecule has 0 aliphatic heterocycles. The first kappa shape index (κ1) is 20.7. The number of aromatic nitrogens is 1.